The van der Waals surface area contributed by atoms with Crippen LogP contribution in [0, 0.1) is 0 Å². The second-order valence-electron chi connectivity index (χ2n) is 4.08. The molecule has 94 valence electrons. The van der Waals surface area contributed by atoms with Gasteiger partial charge in [-0.05, 0) is 30.3 Å². The summed E-state index contributed by atoms with van der Waals surface area (Å²) in [5.41, 5.74) is 7.38. The summed E-state index contributed by atoms with van der Waals surface area (Å²) >= 11 is 5.96. The number of fused-ring (bicyclic) bond motifs is 1. The van der Waals surface area contributed by atoms with E-state index in [0.717, 1.165) is 16.6 Å². The number of nitrogens with two attached hydrogens (primary N) is 1. The van der Waals surface area contributed by atoms with E-state index in [2.05, 4.69) is 15.3 Å². The highest BCUT2D eigenvalue weighted by atomic mass is 35.5. The zero-order valence-corrected chi connectivity index (χ0v) is 10.7. The zero-order chi connectivity index (χ0) is 13.2. The van der Waals surface area contributed by atoms with Gasteiger partial charge in [-0.2, -0.15) is 4.98 Å². The lowest BCUT2D eigenvalue weighted by Gasteiger charge is -2.09. The van der Waals surface area contributed by atoms with Gasteiger partial charge in [-0.15, -0.1) is 0 Å². The van der Waals surface area contributed by atoms with Gasteiger partial charge in [0, 0.05) is 16.1 Å². The van der Waals surface area contributed by atoms with Crippen LogP contribution in [0.4, 0.5) is 17.5 Å². The highest BCUT2D eigenvalue weighted by Gasteiger charge is 2.06. The van der Waals surface area contributed by atoms with Crippen LogP contribution in [-0.2, 0) is 0 Å². The topological polar surface area (TPSA) is 63.8 Å². The van der Waals surface area contributed by atoms with Crippen molar-refractivity contribution in [1.82, 2.24) is 9.97 Å². The molecule has 0 saturated heterocycles. The average Bonchev–Trinajstić information content (AvgIpc) is 2.38. The first-order valence-corrected chi connectivity index (χ1v) is 6.15. The molecular formula is C14H11ClN4. The molecule has 0 atom stereocenters. The molecule has 1 heterocycles. The fourth-order valence-electron chi connectivity index (χ4n) is 1.89. The van der Waals surface area contributed by atoms with E-state index in [9.17, 15) is 0 Å². The molecule has 0 spiro atoms. The SMILES string of the molecule is Nc1nc(Nc2cccc(Cl)c2)c2ccccc2n1. The summed E-state index contributed by atoms with van der Waals surface area (Å²) in [6.07, 6.45) is 0. The first-order valence-electron chi connectivity index (χ1n) is 5.77. The van der Waals surface area contributed by atoms with Gasteiger partial charge >= 0.3 is 0 Å². The Morgan fingerprint density at radius 2 is 1.84 bits per heavy atom. The molecule has 0 fully saturated rings. The van der Waals surface area contributed by atoms with Crippen molar-refractivity contribution in [2.24, 2.45) is 0 Å². The Hall–Kier alpha value is -2.33. The quantitative estimate of drug-likeness (QED) is 0.747. The van der Waals surface area contributed by atoms with Crippen LogP contribution in [0.2, 0.25) is 5.02 Å². The van der Waals surface area contributed by atoms with E-state index in [-0.39, 0.29) is 5.95 Å². The molecule has 0 amide bonds. The average molecular weight is 271 g/mol. The summed E-state index contributed by atoms with van der Waals surface area (Å²) < 4.78 is 0. The van der Waals surface area contributed by atoms with Crippen molar-refractivity contribution in [1.29, 1.82) is 0 Å². The molecule has 3 N–H and O–H groups in total. The molecule has 0 bridgehead atoms. The Morgan fingerprint density at radius 1 is 1.00 bits per heavy atom. The first-order chi connectivity index (χ1) is 9.22. The first kappa shape index (κ1) is 11.7. The van der Waals surface area contributed by atoms with Crippen molar-refractivity contribution in [2.75, 3.05) is 11.1 Å². The Morgan fingerprint density at radius 3 is 2.68 bits per heavy atom. The van der Waals surface area contributed by atoms with Gasteiger partial charge in [0.25, 0.3) is 0 Å². The smallest absolute Gasteiger partial charge is 0.222 e. The minimum atomic E-state index is 0.239. The summed E-state index contributed by atoms with van der Waals surface area (Å²) in [5, 5.41) is 4.79. The van der Waals surface area contributed by atoms with Crippen LogP contribution in [0.3, 0.4) is 0 Å². The minimum absolute atomic E-state index is 0.239. The Bertz CT molecular complexity index is 742. The number of nitrogens with one attached hydrogen (secondary N) is 1. The van der Waals surface area contributed by atoms with Crippen molar-refractivity contribution < 1.29 is 0 Å². The van der Waals surface area contributed by atoms with E-state index >= 15 is 0 Å². The molecule has 3 aromatic rings. The number of halogens is 1. The second kappa shape index (κ2) is 4.74. The van der Waals surface area contributed by atoms with E-state index in [4.69, 9.17) is 17.3 Å². The van der Waals surface area contributed by atoms with Crippen LogP contribution in [-0.4, -0.2) is 9.97 Å². The number of nitrogens with zero attached hydrogens (tertiary/aromatic N) is 2. The van der Waals surface area contributed by atoms with Gasteiger partial charge in [0.1, 0.15) is 5.82 Å². The van der Waals surface area contributed by atoms with E-state index in [1.165, 1.54) is 0 Å². The number of anilines is 3. The third kappa shape index (κ3) is 2.44. The maximum Gasteiger partial charge on any atom is 0.222 e. The normalized spacial score (nSPS) is 10.6. The molecular weight excluding hydrogens is 260 g/mol. The van der Waals surface area contributed by atoms with Gasteiger partial charge in [0.2, 0.25) is 5.95 Å². The maximum absolute atomic E-state index is 5.96. The molecule has 5 heteroatoms. The molecule has 0 aliphatic rings. The number of para-hydroxylation sites is 1. The van der Waals surface area contributed by atoms with Crippen LogP contribution in [0.25, 0.3) is 10.9 Å². The molecule has 0 radical (unpaired) electrons. The standard InChI is InChI=1S/C14H11ClN4/c15-9-4-3-5-10(8-9)17-13-11-6-1-2-7-12(11)18-14(16)19-13/h1-8H,(H3,16,17,18,19). The molecule has 0 aliphatic carbocycles. The minimum Gasteiger partial charge on any atom is -0.368 e. The molecule has 0 saturated carbocycles. The number of nitrogen functional groups attached to an aromatic ring is 1. The van der Waals surface area contributed by atoms with Gasteiger partial charge in [-0.3, -0.25) is 0 Å². The maximum atomic E-state index is 5.96. The van der Waals surface area contributed by atoms with Crippen molar-refractivity contribution >= 4 is 40.0 Å². The lowest BCUT2D eigenvalue weighted by atomic mass is 10.2. The fraction of sp³-hybridized carbons (Fsp3) is 0. The molecule has 19 heavy (non-hydrogen) atoms. The van der Waals surface area contributed by atoms with Gasteiger partial charge in [0.05, 0.1) is 5.52 Å². The van der Waals surface area contributed by atoms with Crippen LogP contribution in [0.15, 0.2) is 48.5 Å². The molecule has 3 rings (SSSR count). The zero-order valence-electron chi connectivity index (χ0n) is 9.97. The number of rotatable bonds is 2. The monoisotopic (exact) mass is 270 g/mol. The summed E-state index contributed by atoms with van der Waals surface area (Å²) in [7, 11) is 0. The number of benzene rings is 2. The third-order valence-electron chi connectivity index (χ3n) is 2.71. The molecule has 2 aromatic carbocycles. The van der Waals surface area contributed by atoms with Crippen molar-refractivity contribution in [2.45, 2.75) is 0 Å². The van der Waals surface area contributed by atoms with E-state index in [0.29, 0.717) is 10.8 Å². The fourth-order valence-corrected chi connectivity index (χ4v) is 2.08. The molecule has 0 unspecified atom stereocenters. The predicted octanol–water partition coefficient (Wildman–Crippen LogP) is 3.61. The summed E-state index contributed by atoms with van der Waals surface area (Å²) in [6, 6.07) is 15.1. The van der Waals surface area contributed by atoms with Gasteiger partial charge < -0.3 is 11.1 Å². The second-order valence-corrected chi connectivity index (χ2v) is 4.52. The van der Waals surface area contributed by atoms with Crippen LogP contribution in [0.1, 0.15) is 0 Å². The Balaban J connectivity index is 2.09. The number of hydrogen-bond donors (Lipinski definition) is 2. The van der Waals surface area contributed by atoms with Gasteiger partial charge in [0.15, 0.2) is 0 Å². The largest absolute Gasteiger partial charge is 0.368 e. The Kier molecular flexibility index (Phi) is 2.93. The summed E-state index contributed by atoms with van der Waals surface area (Å²) in [6.45, 7) is 0. The lowest BCUT2D eigenvalue weighted by molar-refractivity contribution is 1.23. The third-order valence-corrected chi connectivity index (χ3v) is 2.94. The van der Waals surface area contributed by atoms with E-state index in [1.807, 2.05) is 48.5 Å². The highest BCUT2D eigenvalue weighted by molar-refractivity contribution is 6.30. The number of aromatic nitrogens is 2. The van der Waals surface area contributed by atoms with Crippen molar-refractivity contribution in [3.05, 3.63) is 53.6 Å². The van der Waals surface area contributed by atoms with Crippen molar-refractivity contribution in [3.63, 3.8) is 0 Å². The van der Waals surface area contributed by atoms with Crippen LogP contribution in [0.5, 0.6) is 0 Å². The number of hydrogen-bond acceptors (Lipinski definition) is 4. The van der Waals surface area contributed by atoms with E-state index < -0.39 is 0 Å². The van der Waals surface area contributed by atoms with Crippen LogP contribution < -0.4 is 11.1 Å². The molecule has 1 aromatic heterocycles. The molecule has 0 aliphatic heterocycles. The molecule has 4 nitrogen and oxygen atoms in total. The highest BCUT2D eigenvalue weighted by Crippen LogP contribution is 2.25. The van der Waals surface area contributed by atoms with Crippen LogP contribution >= 0.6 is 11.6 Å². The van der Waals surface area contributed by atoms with E-state index in [1.54, 1.807) is 0 Å². The lowest BCUT2D eigenvalue weighted by Crippen LogP contribution is -2.01. The van der Waals surface area contributed by atoms with Gasteiger partial charge in [-0.1, -0.05) is 29.8 Å². The summed E-state index contributed by atoms with van der Waals surface area (Å²) in [5.74, 6) is 0.911. The Labute approximate surface area is 115 Å². The van der Waals surface area contributed by atoms with Crippen molar-refractivity contribution in [3.8, 4) is 0 Å². The summed E-state index contributed by atoms with van der Waals surface area (Å²) in [4.78, 5) is 8.43. The predicted molar refractivity (Wildman–Crippen MR) is 78.7 cm³/mol. The van der Waals surface area contributed by atoms with Gasteiger partial charge in [-0.25, -0.2) is 4.98 Å².